The molecule has 0 aliphatic carbocycles. The quantitative estimate of drug-likeness (QED) is 0.516. The maximum absolute atomic E-state index is 13.6. The molecule has 32 heavy (non-hydrogen) atoms. The summed E-state index contributed by atoms with van der Waals surface area (Å²) in [5.41, 5.74) is -2.06. The van der Waals surface area contributed by atoms with Crippen molar-refractivity contribution in [1.29, 1.82) is 0 Å². The number of alkyl halides is 3. The maximum atomic E-state index is 13.6. The molecule has 1 atom stereocenters. The molecule has 7 nitrogen and oxygen atoms in total. The van der Waals surface area contributed by atoms with Crippen molar-refractivity contribution in [2.45, 2.75) is 31.7 Å². The first kappa shape index (κ1) is 23.5. The molecular formula is C21H20F3N3O4S. The number of amides is 1. The Morgan fingerprint density at radius 2 is 1.91 bits per heavy atom. The lowest BCUT2D eigenvalue weighted by molar-refractivity contribution is -0.266. The topological polar surface area (TPSA) is 93.6 Å². The van der Waals surface area contributed by atoms with Gasteiger partial charge in [0.1, 0.15) is 11.6 Å². The Morgan fingerprint density at radius 3 is 2.50 bits per heavy atom. The van der Waals surface area contributed by atoms with Crippen molar-refractivity contribution in [2.24, 2.45) is 0 Å². The molecule has 0 aliphatic heterocycles. The third-order valence-corrected chi connectivity index (χ3v) is 5.56. The van der Waals surface area contributed by atoms with Gasteiger partial charge in [-0.05, 0) is 36.8 Å². The second-order valence-corrected chi connectivity index (χ2v) is 7.74. The van der Waals surface area contributed by atoms with Gasteiger partial charge in [0.05, 0.1) is 13.5 Å². The second kappa shape index (κ2) is 9.53. The number of thiazole rings is 1. The van der Waals surface area contributed by atoms with E-state index in [1.54, 1.807) is 24.5 Å². The number of aliphatic hydroxyl groups is 1. The Bertz CT molecular complexity index is 1080. The van der Waals surface area contributed by atoms with Crippen LogP contribution in [0.5, 0.6) is 11.5 Å². The van der Waals surface area contributed by atoms with E-state index in [1.807, 2.05) is 0 Å². The third kappa shape index (κ3) is 5.35. The Hall–Kier alpha value is -3.18. The van der Waals surface area contributed by atoms with Crippen LogP contribution < -0.4 is 14.8 Å². The minimum atomic E-state index is -5.09. The number of pyridine rings is 1. The zero-order valence-electron chi connectivity index (χ0n) is 17.1. The molecule has 0 spiro atoms. The van der Waals surface area contributed by atoms with Gasteiger partial charge in [0.2, 0.25) is 11.5 Å². The SMILES string of the molecule is COc1ccc(NC(=O)CC(O)(c2nc(C)cs2)C(F)(F)F)cc1OCc1ccncc1. The summed E-state index contributed by atoms with van der Waals surface area (Å²) in [6.07, 6.45) is -3.12. The van der Waals surface area contributed by atoms with E-state index in [9.17, 15) is 23.1 Å². The van der Waals surface area contributed by atoms with Crippen LogP contribution in [0.15, 0.2) is 48.1 Å². The number of rotatable bonds is 8. The minimum Gasteiger partial charge on any atom is -0.493 e. The lowest BCUT2D eigenvalue weighted by Crippen LogP contribution is -2.45. The first-order chi connectivity index (χ1) is 15.1. The number of aryl methyl sites for hydroxylation is 1. The van der Waals surface area contributed by atoms with Crippen LogP contribution in [-0.4, -0.2) is 34.3 Å². The molecule has 1 unspecified atom stereocenters. The number of nitrogens with zero attached hydrogens (tertiary/aromatic N) is 2. The van der Waals surface area contributed by atoms with E-state index in [2.05, 4.69) is 15.3 Å². The summed E-state index contributed by atoms with van der Waals surface area (Å²) in [5.74, 6) is -0.381. The van der Waals surface area contributed by atoms with Crippen LogP contribution in [0.1, 0.15) is 22.7 Å². The van der Waals surface area contributed by atoms with Gasteiger partial charge in [-0.15, -0.1) is 11.3 Å². The average Bonchev–Trinajstić information content (AvgIpc) is 3.19. The van der Waals surface area contributed by atoms with E-state index in [0.29, 0.717) is 22.8 Å². The monoisotopic (exact) mass is 467 g/mol. The molecule has 2 aromatic heterocycles. The van der Waals surface area contributed by atoms with Crippen molar-refractivity contribution in [2.75, 3.05) is 12.4 Å². The van der Waals surface area contributed by atoms with Crippen molar-refractivity contribution >= 4 is 22.9 Å². The highest BCUT2D eigenvalue weighted by Gasteiger charge is 2.58. The average molecular weight is 467 g/mol. The van der Waals surface area contributed by atoms with Gasteiger partial charge in [0.15, 0.2) is 11.5 Å². The Kier molecular flexibility index (Phi) is 6.99. The number of benzene rings is 1. The van der Waals surface area contributed by atoms with E-state index in [4.69, 9.17) is 9.47 Å². The first-order valence-electron chi connectivity index (χ1n) is 9.33. The highest BCUT2D eigenvalue weighted by atomic mass is 32.1. The molecule has 3 rings (SSSR count). The van der Waals surface area contributed by atoms with Gasteiger partial charge in [-0.3, -0.25) is 9.78 Å². The Morgan fingerprint density at radius 1 is 1.19 bits per heavy atom. The van der Waals surface area contributed by atoms with Gasteiger partial charge >= 0.3 is 6.18 Å². The van der Waals surface area contributed by atoms with Crippen LogP contribution >= 0.6 is 11.3 Å². The standard InChI is InChI=1S/C21H20F3N3O4S/c1-13-12-32-19(26-13)20(29,21(22,23)24)10-18(28)27-15-3-4-16(30-2)17(9-15)31-11-14-5-7-25-8-6-14/h3-9,12,29H,10-11H2,1-2H3,(H,27,28). The summed E-state index contributed by atoms with van der Waals surface area (Å²) < 4.78 is 51.8. The number of halogens is 3. The maximum Gasteiger partial charge on any atom is 0.424 e. The number of nitrogens with one attached hydrogen (secondary N) is 1. The molecule has 0 aliphatic rings. The summed E-state index contributed by atoms with van der Waals surface area (Å²) in [6, 6.07) is 7.92. The second-order valence-electron chi connectivity index (χ2n) is 6.89. The third-order valence-electron chi connectivity index (χ3n) is 4.45. The van der Waals surface area contributed by atoms with Crippen LogP contribution in [0.4, 0.5) is 18.9 Å². The molecule has 1 amide bonds. The van der Waals surface area contributed by atoms with Crippen LogP contribution in [0.3, 0.4) is 0 Å². The molecular weight excluding hydrogens is 447 g/mol. The number of hydrogen-bond acceptors (Lipinski definition) is 7. The zero-order chi connectivity index (χ0) is 23.4. The molecule has 3 aromatic rings. The molecule has 2 heterocycles. The van der Waals surface area contributed by atoms with Crippen LogP contribution in [0.2, 0.25) is 0 Å². The molecule has 0 saturated heterocycles. The number of hydrogen-bond donors (Lipinski definition) is 2. The van der Waals surface area contributed by atoms with E-state index >= 15 is 0 Å². The predicted molar refractivity (Wildman–Crippen MR) is 112 cm³/mol. The van der Waals surface area contributed by atoms with Crippen LogP contribution in [-0.2, 0) is 17.0 Å². The molecule has 0 radical (unpaired) electrons. The lowest BCUT2D eigenvalue weighted by Gasteiger charge is -2.28. The van der Waals surface area contributed by atoms with Crippen LogP contribution in [0.25, 0.3) is 0 Å². The molecule has 0 saturated carbocycles. The van der Waals surface area contributed by atoms with Crippen molar-refractivity contribution in [1.82, 2.24) is 9.97 Å². The van der Waals surface area contributed by atoms with Crippen molar-refractivity contribution in [3.63, 3.8) is 0 Å². The molecule has 2 N–H and O–H groups in total. The Balaban J connectivity index is 1.76. The highest BCUT2D eigenvalue weighted by molar-refractivity contribution is 7.09. The number of carbonyl (C=O) groups is 1. The smallest absolute Gasteiger partial charge is 0.424 e. The van der Waals surface area contributed by atoms with Crippen molar-refractivity contribution in [3.05, 3.63) is 64.4 Å². The summed E-state index contributed by atoms with van der Waals surface area (Å²) in [7, 11) is 1.44. The number of ether oxygens (including phenoxy) is 2. The number of aromatic nitrogens is 2. The fourth-order valence-electron chi connectivity index (χ4n) is 2.79. The van der Waals surface area contributed by atoms with E-state index in [1.165, 1.54) is 37.6 Å². The van der Waals surface area contributed by atoms with Crippen molar-refractivity contribution < 1.29 is 32.5 Å². The van der Waals surface area contributed by atoms with Crippen LogP contribution in [0, 0.1) is 6.92 Å². The molecule has 0 bridgehead atoms. The summed E-state index contributed by atoms with van der Waals surface area (Å²) in [6.45, 7) is 1.69. The van der Waals surface area contributed by atoms with E-state index in [0.717, 1.165) is 5.56 Å². The van der Waals surface area contributed by atoms with Crippen molar-refractivity contribution in [3.8, 4) is 11.5 Å². The number of methoxy groups -OCH3 is 1. The predicted octanol–water partition coefficient (Wildman–Crippen LogP) is 4.21. The highest BCUT2D eigenvalue weighted by Crippen LogP contribution is 2.43. The largest absolute Gasteiger partial charge is 0.493 e. The van der Waals surface area contributed by atoms with Gasteiger partial charge in [-0.2, -0.15) is 13.2 Å². The van der Waals surface area contributed by atoms with E-state index in [-0.39, 0.29) is 18.0 Å². The summed E-state index contributed by atoms with van der Waals surface area (Å²) >= 11 is 0.641. The van der Waals surface area contributed by atoms with Gasteiger partial charge in [0, 0.05) is 35.2 Å². The normalized spacial score (nSPS) is 13.3. The number of carbonyl (C=O) groups excluding carboxylic acids is 1. The minimum absolute atomic E-state index is 0.181. The summed E-state index contributed by atoms with van der Waals surface area (Å²) in [4.78, 5) is 20.1. The van der Waals surface area contributed by atoms with Gasteiger partial charge < -0.3 is 19.9 Å². The molecule has 11 heteroatoms. The van der Waals surface area contributed by atoms with E-state index < -0.39 is 29.1 Å². The van der Waals surface area contributed by atoms with Gasteiger partial charge in [-0.1, -0.05) is 0 Å². The molecule has 1 aromatic carbocycles. The Labute approximate surface area is 185 Å². The summed E-state index contributed by atoms with van der Waals surface area (Å²) in [5, 5.41) is 13.5. The fraction of sp³-hybridized carbons (Fsp3) is 0.286. The lowest BCUT2D eigenvalue weighted by atomic mass is 9.99. The first-order valence-corrected chi connectivity index (χ1v) is 10.2. The zero-order valence-corrected chi connectivity index (χ0v) is 18.0. The van der Waals surface area contributed by atoms with Gasteiger partial charge in [0.25, 0.3) is 0 Å². The molecule has 0 fully saturated rings. The van der Waals surface area contributed by atoms with Gasteiger partial charge in [-0.25, -0.2) is 4.98 Å². The molecule has 170 valence electrons. The number of anilines is 1. The fourth-order valence-corrected chi connectivity index (χ4v) is 3.70.